The van der Waals surface area contributed by atoms with Crippen LogP contribution in [0.25, 0.3) is 0 Å². The molecule has 0 aliphatic carbocycles. The van der Waals surface area contributed by atoms with Gasteiger partial charge in [-0.15, -0.1) is 0 Å². The molecule has 1 rings (SSSR count). The highest BCUT2D eigenvalue weighted by Crippen LogP contribution is 2.17. The first-order chi connectivity index (χ1) is 8.58. The largest absolute Gasteiger partial charge is 0.497 e. The van der Waals surface area contributed by atoms with E-state index in [0.717, 1.165) is 5.75 Å². The van der Waals surface area contributed by atoms with Gasteiger partial charge in [0.2, 0.25) is 0 Å². The van der Waals surface area contributed by atoms with E-state index in [1.807, 2.05) is 31.2 Å². The lowest BCUT2D eigenvalue weighted by molar-refractivity contribution is 0.313. The van der Waals surface area contributed by atoms with Crippen molar-refractivity contribution < 1.29 is 9.94 Å². The van der Waals surface area contributed by atoms with Crippen LogP contribution < -0.4 is 15.8 Å². The maximum atomic E-state index is 8.57. The van der Waals surface area contributed by atoms with Crippen molar-refractivity contribution in [2.24, 2.45) is 16.8 Å². The maximum Gasteiger partial charge on any atom is 0.143 e. The molecule has 2 unspecified atom stereocenters. The fourth-order valence-corrected chi connectivity index (χ4v) is 1.57. The summed E-state index contributed by atoms with van der Waals surface area (Å²) in [6, 6.07) is 8.10. The number of amidine groups is 1. The summed E-state index contributed by atoms with van der Waals surface area (Å²) in [5.74, 6) is 1.08. The SMILES string of the molecule is COc1ccc(C(C)NCC(C)C(N)=NO)cc1. The van der Waals surface area contributed by atoms with Crippen LogP contribution in [-0.4, -0.2) is 24.7 Å². The number of rotatable bonds is 6. The van der Waals surface area contributed by atoms with Crippen LogP contribution in [-0.2, 0) is 0 Å². The van der Waals surface area contributed by atoms with Crippen LogP contribution in [0, 0.1) is 5.92 Å². The lowest BCUT2D eigenvalue weighted by atomic mass is 10.1. The van der Waals surface area contributed by atoms with Gasteiger partial charge in [-0.3, -0.25) is 0 Å². The molecule has 4 N–H and O–H groups in total. The Morgan fingerprint density at radius 3 is 2.50 bits per heavy atom. The second-order valence-corrected chi connectivity index (χ2v) is 4.33. The predicted molar refractivity (Wildman–Crippen MR) is 72.0 cm³/mol. The Morgan fingerprint density at radius 1 is 1.39 bits per heavy atom. The number of methoxy groups -OCH3 is 1. The number of oxime groups is 1. The van der Waals surface area contributed by atoms with Crippen LogP contribution in [0.3, 0.4) is 0 Å². The average molecular weight is 251 g/mol. The van der Waals surface area contributed by atoms with Crippen molar-refractivity contribution in [3.63, 3.8) is 0 Å². The summed E-state index contributed by atoms with van der Waals surface area (Å²) in [4.78, 5) is 0. The highest BCUT2D eigenvalue weighted by Gasteiger charge is 2.10. The fourth-order valence-electron chi connectivity index (χ4n) is 1.57. The van der Waals surface area contributed by atoms with Gasteiger partial charge in [0.15, 0.2) is 0 Å². The Kier molecular flexibility index (Phi) is 5.45. The molecule has 100 valence electrons. The first-order valence-corrected chi connectivity index (χ1v) is 5.93. The molecule has 0 fully saturated rings. The average Bonchev–Trinajstić information content (AvgIpc) is 2.43. The van der Waals surface area contributed by atoms with Crippen LogP contribution in [0.4, 0.5) is 0 Å². The van der Waals surface area contributed by atoms with Crippen molar-refractivity contribution in [2.75, 3.05) is 13.7 Å². The molecule has 0 aliphatic rings. The summed E-state index contributed by atoms with van der Waals surface area (Å²) in [6.45, 7) is 4.63. The third-order valence-electron chi connectivity index (χ3n) is 2.97. The quantitative estimate of drug-likeness (QED) is 0.311. The standard InChI is InChI=1S/C13H21N3O2/c1-9(13(14)16-17)8-15-10(2)11-4-6-12(18-3)7-5-11/h4-7,9-10,15,17H,8H2,1-3H3,(H2,14,16). The lowest BCUT2D eigenvalue weighted by Gasteiger charge is -2.17. The van der Waals surface area contributed by atoms with Gasteiger partial charge >= 0.3 is 0 Å². The molecule has 1 aromatic carbocycles. The molecular formula is C13H21N3O2. The number of benzene rings is 1. The van der Waals surface area contributed by atoms with Crippen LogP contribution >= 0.6 is 0 Å². The lowest BCUT2D eigenvalue weighted by Crippen LogP contribution is -2.32. The Balaban J connectivity index is 2.52. The van der Waals surface area contributed by atoms with E-state index in [-0.39, 0.29) is 17.8 Å². The Labute approximate surface area is 108 Å². The van der Waals surface area contributed by atoms with Gasteiger partial charge in [0.05, 0.1) is 7.11 Å². The molecule has 0 amide bonds. The molecule has 18 heavy (non-hydrogen) atoms. The second kappa shape index (κ2) is 6.86. The molecular weight excluding hydrogens is 230 g/mol. The third kappa shape index (κ3) is 3.92. The van der Waals surface area contributed by atoms with Gasteiger partial charge < -0.3 is 21.0 Å². The molecule has 0 aromatic heterocycles. The molecule has 5 nitrogen and oxygen atoms in total. The van der Waals surface area contributed by atoms with Crippen LogP contribution in [0.15, 0.2) is 29.4 Å². The van der Waals surface area contributed by atoms with E-state index in [9.17, 15) is 0 Å². The van der Waals surface area contributed by atoms with Gasteiger partial charge in [-0.05, 0) is 24.6 Å². The highest BCUT2D eigenvalue weighted by atomic mass is 16.5. The topological polar surface area (TPSA) is 79.9 Å². The van der Waals surface area contributed by atoms with Gasteiger partial charge in [-0.2, -0.15) is 0 Å². The number of hydrogen-bond donors (Lipinski definition) is 3. The number of hydrogen-bond acceptors (Lipinski definition) is 4. The molecule has 0 bridgehead atoms. The van der Waals surface area contributed by atoms with Crippen LogP contribution in [0.5, 0.6) is 5.75 Å². The normalized spacial score (nSPS) is 15.2. The molecule has 1 aromatic rings. The molecule has 0 radical (unpaired) electrons. The molecule has 0 aliphatic heterocycles. The van der Waals surface area contributed by atoms with E-state index in [1.165, 1.54) is 5.56 Å². The summed E-state index contributed by atoms with van der Waals surface area (Å²) < 4.78 is 5.11. The minimum Gasteiger partial charge on any atom is -0.497 e. The smallest absolute Gasteiger partial charge is 0.143 e. The van der Waals surface area contributed by atoms with Crippen LogP contribution in [0.1, 0.15) is 25.5 Å². The Hall–Kier alpha value is -1.75. The number of nitrogens with zero attached hydrogens (tertiary/aromatic N) is 1. The van der Waals surface area contributed by atoms with Crippen molar-refractivity contribution in [3.05, 3.63) is 29.8 Å². The van der Waals surface area contributed by atoms with E-state index in [4.69, 9.17) is 15.7 Å². The Bertz CT molecular complexity index is 390. The van der Waals surface area contributed by atoms with Crippen molar-refractivity contribution >= 4 is 5.84 Å². The minimum absolute atomic E-state index is 0.00398. The van der Waals surface area contributed by atoms with Crippen molar-refractivity contribution in [3.8, 4) is 5.75 Å². The van der Waals surface area contributed by atoms with Gasteiger partial charge in [-0.25, -0.2) is 0 Å². The molecule has 2 atom stereocenters. The first-order valence-electron chi connectivity index (χ1n) is 5.93. The number of ether oxygens (including phenoxy) is 1. The van der Waals surface area contributed by atoms with E-state index in [2.05, 4.69) is 17.4 Å². The van der Waals surface area contributed by atoms with E-state index in [1.54, 1.807) is 7.11 Å². The van der Waals surface area contributed by atoms with E-state index >= 15 is 0 Å². The molecule has 0 heterocycles. The summed E-state index contributed by atoms with van der Waals surface area (Å²) in [5, 5.41) is 14.9. The minimum atomic E-state index is -0.00398. The van der Waals surface area contributed by atoms with Crippen molar-refractivity contribution in [1.29, 1.82) is 0 Å². The number of nitrogens with two attached hydrogens (primary N) is 1. The number of nitrogens with one attached hydrogen (secondary N) is 1. The zero-order valence-electron chi connectivity index (χ0n) is 11.1. The van der Waals surface area contributed by atoms with Crippen molar-refractivity contribution in [1.82, 2.24) is 5.32 Å². The van der Waals surface area contributed by atoms with E-state index < -0.39 is 0 Å². The molecule has 0 saturated heterocycles. The summed E-state index contributed by atoms with van der Waals surface area (Å²) in [7, 11) is 1.65. The van der Waals surface area contributed by atoms with Gasteiger partial charge in [-0.1, -0.05) is 24.2 Å². The first kappa shape index (κ1) is 14.3. The zero-order chi connectivity index (χ0) is 13.5. The Morgan fingerprint density at radius 2 is 2.00 bits per heavy atom. The zero-order valence-corrected chi connectivity index (χ0v) is 11.1. The summed E-state index contributed by atoms with van der Waals surface area (Å²) in [6.07, 6.45) is 0. The fraction of sp³-hybridized carbons (Fsp3) is 0.462. The van der Waals surface area contributed by atoms with Gasteiger partial charge in [0.25, 0.3) is 0 Å². The maximum absolute atomic E-state index is 8.57. The van der Waals surface area contributed by atoms with Gasteiger partial charge in [0, 0.05) is 18.5 Å². The highest BCUT2D eigenvalue weighted by molar-refractivity contribution is 5.82. The monoisotopic (exact) mass is 251 g/mol. The molecule has 0 spiro atoms. The molecule has 0 saturated carbocycles. The summed E-state index contributed by atoms with van der Waals surface area (Å²) in [5.41, 5.74) is 6.69. The third-order valence-corrected chi connectivity index (χ3v) is 2.97. The molecule has 5 heteroatoms. The van der Waals surface area contributed by atoms with Crippen LogP contribution in [0.2, 0.25) is 0 Å². The van der Waals surface area contributed by atoms with E-state index in [0.29, 0.717) is 6.54 Å². The van der Waals surface area contributed by atoms with Gasteiger partial charge in [0.1, 0.15) is 11.6 Å². The second-order valence-electron chi connectivity index (χ2n) is 4.33. The van der Waals surface area contributed by atoms with Crippen molar-refractivity contribution in [2.45, 2.75) is 19.9 Å². The predicted octanol–water partition coefficient (Wildman–Crippen LogP) is 1.73. The summed E-state index contributed by atoms with van der Waals surface area (Å²) >= 11 is 0.